The van der Waals surface area contributed by atoms with Crippen molar-refractivity contribution >= 4 is 11.9 Å². The molecule has 0 radical (unpaired) electrons. The van der Waals surface area contributed by atoms with E-state index in [1.54, 1.807) is 0 Å². The van der Waals surface area contributed by atoms with E-state index in [1.165, 1.54) is 21.1 Å². The second-order valence-corrected chi connectivity index (χ2v) is 2.45. The molecule has 0 aromatic heterocycles. The van der Waals surface area contributed by atoms with Crippen LogP contribution in [0.3, 0.4) is 0 Å². The first-order valence-electron chi connectivity index (χ1n) is 3.69. The van der Waals surface area contributed by atoms with Gasteiger partial charge >= 0.3 is 11.9 Å². The van der Waals surface area contributed by atoms with Crippen molar-refractivity contribution in [3.8, 4) is 0 Å². The highest BCUT2D eigenvalue weighted by molar-refractivity contribution is 5.77. The molecule has 0 heterocycles. The Hall–Kier alpha value is -1.14. The van der Waals surface area contributed by atoms with E-state index in [-0.39, 0.29) is 6.54 Å². The smallest absolute Gasteiger partial charge is 0.324 e. The summed E-state index contributed by atoms with van der Waals surface area (Å²) in [7, 11) is 2.50. The second kappa shape index (κ2) is 5.50. The lowest BCUT2D eigenvalue weighted by molar-refractivity contribution is -0.149. The number of hydrogen-bond donors (Lipinski definition) is 1. The van der Waals surface area contributed by atoms with Crippen molar-refractivity contribution in [2.45, 2.75) is 13.0 Å². The number of methoxy groups -OCH3 is 2. The minimum atomic E-state index is -0.663. The molecule has 0 aromatic carbocycles. The van der Waals surface area contributed by atoms with Gasteiger partial charge in [0, 0.05) is 0 Å². The average molecular weight is 190 g/mol. The first-order valence-corrected chi connectivity index (χ1v) is 3.69. The Bertz CT molecular complexity index is 195. The molecule has 13 heavy (non-hydrogen) atoms. The Morgan fingerprint density at radius 3 is 2.31 bits per heavy atom. The maximum atomic E-state index is 10.9. The van der Waals surface area contributed by atoms with Gasteiger partial charge in [-0.15, -0.1) is 0 Å². The molecule has 0 amide bonds. The minimum Gasteiger partial charge on any atom is -0.468 e. The van der Waals surface area contributed by atoms with E-state index in [2.05, 4.69) is 9.47 Å². The number of carbonyl (C=O) groups excluding carboxylic acids is 2. The summed E-state index contributed by atoms with van der Waals surface area (Å²) in [6.07, 6.45) is 0. The first kappa shape index (κ1) is 11.9. The monoisotopic (exact) mass is 190 g/mol. The van der Waals surface area contributed by atoms with Gasteiger partial charge in [0.2, 0.25) is 0 Å². The highest BCUT2D eigenvalue weighted by atomic mass is 16.5. The number of ether oxygens (including phenoxy) is 2. The lowest BCUT2D eigenvalue weighted by Crippen LogP contribution is -2.47. The van der Waals surface area contributed by atoms with Crippen molar-refractivity contribution < 1.29 is 19.1 Å². The van der Waals surface area contributed by atoms with E-state index in [0.717, 1.165) is 5.01 Å². The van der Waals surface area contributed by atoms with Crippen molar-refractivity contribution in [3.05, 3.63) is 0 Å². The SMILES string of the molecule is COC(=O)CN(N)C(C)C(=O)OC. The number of nitrogens with zero attached hydrogens (tertiary/aromatic N) is 1. The molecule has 0 bridgehead atoms. The molecule has 2 N–H and O–H groups in total. The highest BCUT2D eigenvalue weighted by Crippen LogP contribution is 1.95. The van der Waals surface area contributed by atoms with E-state index in [1.807, 2.05) is 0 Å². The molecule has 0 rings (SSSR count). The quantitative estimate of drug-likeness (QED) is 0.344. The molecule has 1 unspecified atom stereocenters. The van der Waals surface area contributed by atoms with Crippen molar-refractivity contribution in [3.63, 3.8) is 0 Å². The van der Waals surface area contributed by atoms with Gasteiger partial charge in [0.25, 0.3) is 0 Å². The molecular formula is C7H14N2O4. The third-order valence-electron chi connectivity index (χ3n) is 1.58. The van der Waals surface area contributed by atoms with Crippen LogP contribution in [0.25, 0.3) is 0 Å². The minimum absolute atomic E-state index is 0.146. The molecule has 6 heteroatoms. The summed E-state index contributed by atoms with van der Waals surface area (Å²) in [4.78, 5) is 21.7. The van der Waals surface area contributed by atoms with Gasteiger partial charge in [-0.05, 0) is 6.92 Å². The Labute approximate surface area is 76.5 Å². The lowest BCUT2D eigenvalue weighted by Gasteiger charge is -2.20. The van der Waals surface area contributed by atoms with Gasteiger partial charge in [-0.2, -0.15) is 0 Å². The maximum Gasteiger partial charge on any atom is 0.324 e. The Morgan fingerprint density at radius 2 is 1.92 bits per heavy atom. The fourth-order valence-corrected chi connectivity index (χ4v) is 0.657. The standard InChI is InChI=1S/C7H14N2O4/c1-5(7(11)13-3)9(8)4-6(10)12-2/h5H,4,8H2,1-3H3. The predicted octanol–water partition coefficient (Wildman–Crippen LogP) is -1.10. The Kier molecular flexibility index (Phi) is 5.01. The van der Waals surface area contributed by atoms with Crippen LogP contribution in [-0.2, 0) is 19.1 Å². The third kappa shape index (κ3) is 3.86. The molecule has 6 nitrogen and oxygen atoms in total. The average Bonchev–Trinajstić information content (AvgIpc) is 2.14. The van der Waals surface area contributed by atoms with Gasteiger partial charge in [0.05, 0.1) is 14.2 Å². The number of carbonyl (C=O) groups is 2. The van der Waals surface area contributed by atoms with Crippen molar-refractivity contribution in [2.24, 2.45) is 5.84 Å². The van der Waals surface area contributed by atoms with Gasteiger partial charge in [0.1, 0.15) is 12.6 Å². The fraction of sp³-hybridized carbons (Fsp3) is 0.714. The van der Waals surface area contributed by atoms with E-state index in [4.69, 9.17) is 5.84 Å². The van der Waals surface area contributed by atoms with Crippen LogP contribution >= 0.6 is 0 Å². The molecule has 0 aliphatic carbocycles. The summed E-state index contributed by atoms with van der Waals surface area (Å²) >= 11 is 0. The second-order valence-electron chi connectivity index (χ2n) is 2.45. The molecular weight excluding hydrogens is 176 g/mol. The van der Waals surface area contributed by atoms with E-state index >= 15 is 0 Å². The van der Waals surface area contributed by atoms with Gasteiger partial charge < -0.3 is 9.47 Å². The number of hydrogen-bond acceptors (Lipinski definition) is 6. The van der Waals surface area contributed by atoms with Gasteiger partial charge in [-0.1, -0.05) is 0 Å². The molecule has 0 fully saturated rings. The molecule has 0 aliphatic rings. The molecule has 76 valence electrons. The summed E-state index contributed by atoms with van der Waals surface area (Å²) in [5.41, 5.74) is 0. The van der Waals surface area contributed by atoms with Crippen LogP contribution in [0, 0.1) is 0 Å². The molecule has 0 saturated heterocycles. The van der Waals surface area contributed by atoms with Crippen molar-refractivity contribution in [1.82, 2.24) is 5.01 Å². The van der Waals surface area contributed by atoms with Gasteiger partial charge in [0.15, 0.2) is 0 Å². The van der Waals surface area contributed by atoms with Crippen LogP contribution in [-0.4, -0.2) is 43.8 Å². The zero-order valence-corrected chi connectivity index (χ0v) is 7.94. The summed E-state index contributed by atoms with van der Waals surface area (Å²) < 4.78 is 8.81. The number of hydrazine groups is 1. The topological polar surface area (TPSA) is 81.9 Å². The van der Waals surface area contributed by atoms with Gasteiger partial charge in [-0.3, -0.25) is 15.4 Å². The summed E-state index contributed by atoms with van der Waals surface area (Å²) in [6, 6.07) is -0.663. The maximum absolute atomic E-state index is 10.9. The van der Waals surface area contributed by atoms with Crippen LogP contribution < -0.4 is 5.84 Å². The van der Waals surface area contributed by atoms with E-state index in [0.29, 0.717) is 0 Å². The van der Waals surface area contributed by atoms with Crippen LogP contribution in [0.4, 0.5) is 0 Å². The normalized spacial score (nSPS) is 12.4. The zero-order chi connectivity index (χ0) is 10.4. The summed E-state index contributed by atoms with van der Waals surface area (Å²) in [5.74, 6) is 4.41. The number of rotatable bonds is 4. The number of nitrogens with two attached hydrogens (primary N) is 1. The molecule has 0 saturated carbocycles. The Morgan fingerprint density at radius 1 is 1.38 bits per heavy atom. The summed E-state index contributed by atoms with van der Waals surface area (Å²) in [5, 5.41) is 1.05. The molecule has 0 aliphatic heterocycles. The third-order valence-corrected chi connectivity index (χ3v) is 1.58. The summed E-state index contributed by atoms with van der Waals surface area (Å²) in [6.45, 7) is 1.39. The van der Waals surface area contributed by atoms with E-state index < -0.39 is 18.0 Å². The predicted molar refractivity (Wildman–Crippen MR) is 44.4 cm³/mol. The molecule has 0 spiro atoms. The fourth-order valence-electron chi connectivity index (χ4n) is 0.657. The first-order chi connectivity index (χ1) is 6.02. The van der Waals surface area contributed by atoms with Crippen LogP contribution in [0.1, 0.15) is 6.92 Å². The largest absolute Gasteiger partial charge is 0.468 e. The Balaban J connectivity index is 4.02. The zero-order valence-electron chi connectivity index (χ0n) is 7.94. The van der Waals surface area contributed by atoms with E-state index in [9.17, 15) is 9.59 Å². The van der Waals surface area contributed by atoms with Crippen LogP contribution in [0.5, 0.6) is 0 Å². The molecule has 1 atom stereocenters. The van der Waals surface area contributed by atoms with Gasteiger partial charge in [-0.25, -0.2) is 5.01 Å². The van der Waals surface area contributed by atoms with Crippen LogP contribution in [0.2, 0.25) is 0 Å². The highest BCUT2D eigenvalue weighted by Gasteiger charge is 2.21. The lowest BCUT2D eigenvalue weighted by atomic mass is 10.3. The van der Waals surface area contributed by atoms with Crippen molar-refractivity contribution in [1.29, 1.82) is 0 Å². The molecule has 0 aromatic rings. The van der Waals surface area contributed by atoms with Crippen molar-refractivity contribution in [2.75, 3.05) is 20.8 Å². The number of esters is 2. The van der Waals surface area contributed by atoms with Crippen LogP contribution in [0.15, 0.2) is 0 Å².